The van der Waals surface area contributed by atoms with Crippen LogP contribution in [0.2, 0.25) is 0 Å². The van der Waals surface area contributed by atoms with Crippen molar-refractivity contribution in [2.24, 2.45) is 0 Å². The minimum atomic E-state index is 0.317. The molecule has 2 aromatic rings. The van der Waals surface area contributed by atoms with Crippen LogP contribution in [0.1, 0.15) is 53.7 Å². The van der Waals surface area contributed by atoms with Gasteiger partial charge in [0.2, 0.25) is 0 Å². The molecule has 0 aliphatic carbocycles. The molecule has 1 nitrogen and oxygen atoms in total. The molecule has 2 atom stereocenters. The van der Waals surface area contributed by atoms with E-state index in [4.69, 9.17) is 0 Å². The molecule has 2 heteroatoms. The largest absolute Gasteiger partial charge is 0.304 e. The number of hydrogen-bond acceptors (Lipinski definition) is 1. The van der Waals surface area contributed by atoms with Crippen molar-refractivity contribution in [3.63, 3.8) is 0 Å². The zero-order valence-corrected chi connectivity index (χ0v) is 15.1. The molecule has 0 spiro atoms. The first-order chi connectivity index (χ1) is 9.88. The van der Waals surface area contributed by atoms with E-state index in [9.17, 15) is 0 Å². The molecular formula is C19H24BrN. The summed E-state index contributed by atoms with van der Waals surface area (Å²) in [7, 11) is 0. The predicted octanol–water partition coefficient (Wildman–Crippen LogP) is 5.79. The minimum absolute atomic E-state index is 0.317. The van der Waals surface area contributed by atoms with E-state index < -0.39 is 0 Å². The summed E-state index contributed by atoms with van der Waals surface area (Å²) in [6.45, 7) is 11.0. The lowest BCUT2D eigenvalue weighted by atomic mass is 9.94. The normalized spacial score (nSPS) is 14.0. The molecule has 0 bridgehead atoms. The van der Waals surface area contributed by atoms with Crippen molar-refractivity contribution in [3.8, 4) is 0 Å². The molecule has 1 unspecified atom stereocenters. The second kappa shape index (κ2) is 6.76. The smallest absolute Gasteiger partial charge is 0.0302 e. The molecule has 112 valence electrons. The zero-order valence-electron chi connectivity index (χ0n) is 13.5. The van der Waals surface area contributed by atoms with Gasteiger partial charge in [0.1, 0.15) is 0 Å². The van der Waals surface area contributed by atoms with Crippen LogP contribution >= 0.6 is 15.9 Å². The van der Waals surface area contributed by atoms with Crippen LogP contribution in [-0.4, -0.2) is 0 Å². The fourth-order valence-electron chi connectivity index (χ4n) is 3.20. The van der Waals surface area contributed by atoms with Gasteiger partial charge in [-0.15, -0.1) is 0 Å². The Kier molecular flexibility index (Phi) is 5.23. The van der Waals surface area contributed by atoms with Crippen LogP contribution < -0.4 is 5.32 Å². The summed E-state index contributed by atoms with van der Waals surface area (Å²) in [6.07, 6.45) is 0. The molecule has 21 heavy (non-hydrogen) atoms. The third kappa shape index (κ3) is 3.96. The van der Waals surface area contributed by atoms with Gasteiger partial charge in [0.15, 0.2) is 0 Å². The molecule has 0 saturated carbocycles. The minimum Gasteiger partial charge on any atom is -0.304 e. The van der Waals surface area contributed by atoms with E-state index in [2.05, 4.69) is 92.3 Å². The van der Waals surface area contributed by atoms with Crippen LogP contribution in [0, 0.1) is 20.8 Å². The first-order valence-electron chi connectivity index (χ1n) is 7.47. The average molecular weight is 346 g/mol. The number of benzene rings is 2. The molecule has 0 aliphatic rings. The molecule has 0 amide bonds. The van der Waals surface area contributed by atoms with Crippen molar-refractivity contribution in [1.82, 2.24) is 5.32 Å². The highest BCUT2D eigenvalue weighted by Crippen LogP contribution is 2.26. The van der Waals surface area contributed by atoms with E-state index in [0.717, 1.165) is 4.47 Å². The molecule has 0 aliphatic heterocycles. The molecule has 0 aromatic heterocycles. The Labute approximate surface area is 136 Å². The third-order valence-electron chi connectivity index (χ3n) is 4.02. The zero-order chi connectivity index (χ0) is 15.6. The standard InChI is InChI=1S/C19H24BrN/c1-12-9-13(2)19(14(3)10-12)16(5)21-15(4)17-7-6-8-18(20)11-17/h6-11,15-16,21H,1-5H3/t15-,16?/m1/s1. The monoisotopic (exact) mass is 345 g/mol. The van der Waals surface area contributed by atoms with Gasteiger partial charge in [-0.25, -0.2) is 0 Å². The Morgan fingerprint density at radius 2 is 1.52 bits per heavy atom. The highest BCUT2D eigenvalue weighted by Gasteiger charge is 2.15. The second-order valence-electron chi connectivity index (χ2n) is 5.98. The summed E-state index contributed by atoms with van der Waals surface area (Å²) in [4.78, 5) is 0. The van der Waals surface area contributed by atoms with E-state index >= 15 is 0 Å². The molecule has 1 N–H and O–H groups in total. The quantitative estimate of drug-likeness (QED) is 0.739. The van der Waals surface area contributed by atoms with Crippen LogP contribution in [0.4, 0.5) is 0 Å². The van der Waals surface area contributed by atoms with Crippen LogP contribution in [-0.2, 0) is 0 Å². The van der Waals surface area contributed by atoms with Gasteiger partial charge < -0.3 is 5.32 Å². The summed E-state index contributed by atoms with van der Waals surface area (Å²) >= 11 is 3.54. The third-order valence-corrected chi connectivity index (χ3v) is 4.51. The SMILES string of the molecule is Cc1cc(C)c(C(C)N[C@H](C)c2cccc(Br)c2)c(C)c1. The Hall–Kier alpha value is -1.12. The maximum absolute atomic E-state index is 3.72. The molecule has 2 aromatic carbocycles. The second-order valence-corrected chi connectivity index (χ2v) is 6.89. The lowest BCUT2D eigenvalue weighted by Gasteiger charge is -2.24. The van der Waals surface area contributed by atoms with Gasteiger partial charge in [-0.2, -0.15) is 0 Å². The maximum Gasteiger partial charge on any atom is 0.0302 e. The van der Waals surface area contributed by atoms with Crippen LogP contribution in [0.15, 0.2) is 40.9 Å². The molecule has 0 saturated heterocycles. The molecule has 0 fully saturated rings. The van der Waals surface area contributed by atoms with Gasteiger partial charge in [0.25, 0.3) is 0 Å². The van der Waals surface area contributed by atoms with Gasteiger partial charge in [0, 0.05) is 16.6 Å². The van der Waals surface area contributed by atoms with E-state index in [-0.39, 0.29) is 0 Å². The fourth-order valence-corrected chi connectivity index (χ4v) is 3.62. The van der Waals surface area contributed by atoms with Gasteiger partial charge in [-0.05, 0) is 69.0 Å². The van der Waals surface area contributed by atoms with E-state index in [1.54, 1.807) is 0 Å². The number of rotatable bonds is 4. The molecular weight excluding hydrogens is 322 g/mol. The number of nitrogens with one attached hydrogen (secondary N) is 1. The summed E-state index contributed by atoms with van der Waals surface area (Å²) in [6, 6.07) is 13.7. The van der Waals surface area contributed by atoms with Gasteiger partial charge in [-0.3, -0.25) is 0 Å². The van der Waals surface area contributed by atoms with Crippen LogP contribution in [0.25, 0.3) is 0 Å². The Morgan fingerprint density at radius 3 is 2.10 bits per heavy atom. The first-order valence-corrected chi connectivity index (χ1v) is 8.27. The van der Waals surface area contributed by atoms with Gasteiger partial charge >= 0.3 is 0 Å². The Balaban J connectivity index is 2.20. The van der Waals surface area contributed by atoms with Crippen molar-refractivity contribution in [3.05, 3.63) is 68.7 Å². The van der Waals surface area contributed by atoms with E-state index in [1.807, 2.05) is 0 Å². The summed E-state index contributed by atoms with van der Waals surface area (Å²) in [5.41, 5.74) is 6.80. The number of hydrogen-bond donors (Lipinski definition) is 1. The van der Waals surface area contributed by atoms with E-state index in [0.29, 0.717) is 12.1 Å². The lowest BCUT2D eigenvalue weighted by molar-refractivity contribution is 0.491. The molecule has 0 radical (unpaired) electrons. The Bertz CT molecular complexity index is 610. The summed E-state index contributed by atoms with van der Waals surface area (Å²) in [5.74, 6) is 0. The average Bonchev–Trinajstić information content (AvgIpc) is 2.37. The highest BCUT2D eigenvalue weighted by atomic mass is 79.9. The van der Waals surface area contributed by atoms with Gasteiger partial charge in [0.05, 0.1) is 0 Å². The van der Waals surface area contributed by atoms with Crippen molar-refractivity contribution in [1.29, 1.82) is 0 Å². The maximum atomic E-state index is 3.72. The molecule has 0 heterocycles. The van der Waals surface area contributed by atoms with Crippen molar-refractivity contribution < 1.29 is 0 Å². The number of halogens is 1. The van der Waals surface area contributed by atoms with Crippen LogP contribution in [0.3, 0.4) is 0 Å². The predicted molar refractivity (Wildman–Crippen MR) is 94.8 cm³/mol. The lowest BCUT2D eigenvalue weighted by Crippen LogP contribution is -2.23. The first kappa shape index (κ1) is 16.3. The number of aryl methyl sites for hydroxylation is 3. The van der Waals surface area contributed by atoms with Crippen molar-refractivity contribution in [2.75, 3.05) is 0 Å². The molecule has 2 rings (SSSR count). The van der Waals surface area contributed by atoms with E-state index in [1.165, 1.54) is 27.8 Å². The summed E-state index contributed by atoms with van der Waals surface area (Å²) in [5, 5.41) is 3.72. The highest BCUT2D eigenvalue weighted by molar-refractivity contribution is 9.10. The van der Waals surface area contributed by atoms with Crippen LogP contribution in [0.5, 0.6) is 0 Å². The van der Waals surface area contributed by atoms with Gasteiger partial charge in [-0.1, -0.05) is 45.8 Å². The van der Waals surface area contributed by atoms with Crippen molar-refractivity contribution in [2.45, 2.75) is 46.7 Å². The summed E-state index contributed by atoms with van der Waals surface area (Å²) < 4.78 is 1.13. The topological polar surface area (TPSA) is 12.0 Å². The fraction of sp³-hybridized carbons (Fsp3) is 0.368. The van der Waals surface area contributed by atoms with Crippen molar-refractivity contribution >= 4 is 15.9 Å². The Morgan fingerprint density at radius 1 is 0.905 bits per heavy atom.